The molecule has 2 rings (SSSR count). The van der Waals surface area contributed by atoms with Crippen LogP contribution >= 0.6 is 11.8 Å². The number of carboxylic acids is 1. The van der Waals surface area contributed by atoms with Gasteiger partial charge in [0.2, 0.25) is 0 Å². The van der Waals surface area contributed by atoms with Crippen molar-refractivity contribution in [3.63, 3.8) is 0 Å². The third-order valence-electron chi connectivity index (χ3n) is 2.89. The number of thioether (sulfide) groups is 1. The maximum absolute atomic E-state index is 10.7. The van der Waals surface area contributed by atoms with Crippen molar-refractivity contribution in [1.82, 2.24) is 20.2 Å². The van der Waals surface area contributed by atoms with E-state index in [-0.39, 0.29) is 12.3 Å². The lowest BCUT2D eigenvalue weighted by molar-refractivity contribution is -0.138. The number of tetrazole rings is 1. The van der Waals surface area contributed by atoms with E-state index in [4.69, 9.17) is 5.11 Å². The monoisotopic (exact) mass is 292 g/mol. The van der Waals surface area contributed by atoms with Crippen LogP contribution in [0.15, 0.2) is 29.2 Å². The van der Waals surface area contributed by atoms with E-state index in [1.165, 1.54) is 4.90 Å². The molecule has 1 atom stereocenters. The summed E-state index contributed by atoms with van der Waals surface area (Å²) in [4.78, 5) is 11.9. The molecule has 20 heavy (non-hydrogen) atoms. The summed E-state index contributed by atoms with van der Waals surface area (Å²) in [5, 5.41) is 20.4. The molecule has 0 saturated carbocycles. The Morgan fingerprint density at radius 3 is 2.70 bits per heavy atom. The molecule has 0 amide bonds. The van der Waals surface area contributed by atoms with Crippen molar-refractivity contribution in [2.24, 2.45) is 5.92 Å². The van der Waals surface area contributed by atoms with Crippen molar-refractivity contribution in [2.45, 2.75) is 24.8 Å². The Hall–Kier alpha value is -1.89. The fourth-order valence-corrected chi connectivity index (χ4v) is 2.34. The van der Waals surface area contributed by atoms with Gasteiger partial charge in [-0.3, -0.25) is 4.79 Å². The van der Waals surface area contributed by atoms with E-state index in [0.717, 1.165) is 5.56 Å². The minimum Gasteiger partial charge on any atom is -0.481 e. The Morgan fingerprint density at radius 1 is 1.40 bits per heavy atom. The molecule has 0 saturated heterocycles. The van der Waals surface area contributed by atoms with Crippen LogP contribution in [0.25, 0.3) is 11.4 Å². The molecule has 0 aliphatic carbocycles. The van der Waals surface area contributed by atoms with Crippen LogP contribution in [-0.2, 0) is 11.3 Å². The highest BCUT2D eigenvalue weighted by Gasteiger charge is 2.14. The van der Waals surface area contributed by atoms with Crippen LogP contribution < -0.4 is 0 Å². The minimum atomic E-state index is -0.809. The first-order valence-corrected chi connectivity index (χ1v) is 7.45. The lowest BCUT2D eigenvalue weighted by atomic mass is 10.1. The highest BCUT2D eigenvalue weighted by Crippen LogP contribution is 2.21. The summed E-state index contributed by atoms with van der Waals surface area (Å²) in [6, 6.07) is 7.96. The van der Waals surface area contributed by atoms with Crippen LogP contribution in [0.3, 0.4) is 0 Å². The van der Waals surface area contributed by atoms with E-state index < -0.39 is 5.97 Å². The highest BCUT2D eigenvalue weighted by molar-refractivity contribution is 7.98. The van der Waals surface area contributed by atoms with E-state index in [1.807, 2.05) is 37.4 Å². The van der Waals surface area contributed by atoms with Gasteiger partial charge in [-0.15, -0.1) is 16.9 Å². The SMILES string of the molecule is CSc1ccc(-c2nnnn2CC(C)CC(=O)O)cc1. The third-order valence-corrected chi connectivity index (χ3v) is 3.63. The maximum atomic E-state index is 10.7. The van der Waals surface area contributed by atoms with E-state index >= 15 is 0 Å². The van der Waals surface area contributed by atoms with Gasteiger partial charge in [0.05, 0.1) is 0 Å². The molecule has 106 valence electrons. The van der Waals surface area contributed by atoms with Crippen molar-refractivity contribution in [1.29, 1.82) is 0 Å². The smallest absolute Gasteiger partial charge is 0.303 e. The van der Waals surface area contributed by atoms with Crippen molar-refractivity contribution >= 4 is 17.7 Å². The molecule has 0 aliphatic rings. The fourth-order valence-electron chi connectivity index (χ4n) is 1.93. The van der Waals surface area contributed by atoms with Gasteiger partial charge in [-0.05, 0) is 34.7 Å². The van der Waals surface area contributed by atoms with Crippen LogP contribution in [0.1, 0.15) is 13.3 Å². The van der Waals surface area contributed by atoms with E-state index in [9.17, 15) is 4.79 Å². The summed E-state index contributed by atoms with van der Waals surface area (Å²) in [6.07, 6.45) is 2.12. The molecule has 1 aromatic heterocycles. The lowest BCUT2D eigenvalue weighted by Gasteiger charge is -2.10. The molecule has 0 aliphatic heterocycles. The second-order valence-corrected chi connectivity index (χ2v) is 5.50. The molecular formula is C13H16N4O2S. The van der Waals surface area contributed by atoms with E-state index in [2.05, 4.69) is 15.5 Å². The zero-order chi connectivity index (χ0) is 14.5. The van der Waals surface area contributed by atoms with Crippen LogP contribution in [0, 0.1) is 5.92 Å². The molecule has 2 aromatic rings. The number of hydrogen-bond donors (Lipinski definition) is 1. The number of aromatic nitrogens is 4. The first kappa shape index (κ1) is 14.5. The summed E-state index contributed by atoms with van der Waals surface area (Å²) in [6.45, 7) is 2.36. The number of nitrogens with zero attached hydrogens (tertiary/aromatic N) is 4. The predicted molar refractivity (Wildman–Crippen MR) is 76.5 cm³/mol. The Kier molecular flexibility index (Phi) is 4.73. The molecule has 1 aromatic carbocycles. The summed E-state index contributed by atoms with van der Waals surface area (Å²) in [5.74, 6) is -0.174. The normalized spacial score (nSPS) is 12.3. The first-order chi connectivity index (χ1) is 9.60. The van der Waals surface area contributed by atoms with Gasteiger partial charge >= 0.3 is 5.97 Å². The van der Waals surface area contributed by atoms with Gasteiger partial charge in [0, 0.05) is 23.4 Å². The molecule has 1 heterocycles. The molecule has 0 radical (unpaired) electrons. The van der Waals surface area contributed by atoms with Gasteiger partial charge in [0.1, 0.15) is 0 Å². The molecule has 1 unspecified atom stereocenters. The minimum absolute atomic E-state index is 0.0276. The molecular weight excluding hydrogens is 276 g/mol. The lowest BCUT2D eigenvalue weighted by Crippen LogP contribution is -2.14. The summed E-state index contributed by atoms with van der Waals surface area (Å²) in [7, 11) is 0. The number of rotatable bonds is 6. The quantitative estimate of drug-likeness (QED) is 0.822. The summed E-state index contributed by atoms with van der Waals surface area (Å²) in [5.41, 5.74) is 0.926. The zero-order valence-electron chi connectivity index (χ0n) is 11.4. The summed E-state index contributed by atoms with van der Waals surface area (Å²) < 4.78 is 1.65. The standard InChI is InChI=1S/C13H16N4O2S/c1-9(7-12(18)19)8-17-13(14-15-16-17)10-3-5-11(20-2)6-4-10/h3-6,9H,7-8H2,1-2H3,(H,18,19). The number of aliphatic carboxylic acids is 1. The average Bonchev–Trinajstić information content (AvgIpc) is 2.86. The van der Waals surface area contributed by atoms with Gasteiger partial charge < -0.3 is 5.11 Å². The Balaban J connectivity index is 2.16. The van der Waals surface area contributed by atoms with Gasteiger partial charge in [-0.2, -0.15) is 0 Å². The van der Waals surface area contributed by atoms with Crippen molar-refractivity contribution in [3.8, 4) is 11.4 Å². The van der Waals surface area contributed by atoms with Crippen molar-refractivity contribution < 1.29 is 9.90 Å². The molecule has 0 spiro atoms. The Labute approximate surface area is 121 Å². The Bertz CT molecular complexity index is 582. The van der Waals surface area contributed by atoms with E-state index in [0.29, 0.717) is 12.4 Å². The van der Waals surface area contributed by atoms with Crippen LogP contribution in [0.4, 0.5) is 0 Å². The van der Waals surface area contributed by atoms with Crippen LogP contribution in [-0.4, -0.2) is 37.5 Å². The highest BCUT2D eigenvalue weighted by atomic mass is 32.2. The molecule has 0 fully saturated rings. The van der Waals surface area contributed by atoms with Gasteiger partial charge in [-0.1, -0.05) is 19.1 Å². The Morgan fingerprint density at radius 2 is 2.10 bits per heavy atom. The van der Waals surface area contributed by atoms with Crippen molar-refractivity contribution in [2.75, 3.05) is 6.26 Å². The van der Waals surface area contributed by atoms with Gasteiger partial charge in [0.25, 0.3) is 0 Å². The van der Waals surface area contributed by atoms with Gasteiger partial charge in [-0.25, -0.2) is 4.68 Å². The van der Waals surface area contributed by atoms with Crippen LogP contribution in [0.5, 0.6) is 0 Å². The molecule has 6 nitrogen and oxygen atoms in total. The number of hydrogen-bond acceptors (Lipinski definition) is 5. The molecule has 7 heteroatoms. The number of carboxylic acid groups (broad SMARTS) is 1. The zero-order valence-corrected chi connectivity index (χ0v) is 12.2. The third kappa shape index (κ3) is 3.57. The second kappa shape index (κ2) is 6.51. The van der Waals surface area contributed by atoms with Crippen molar-refractivity contribution in [3.05, 3.63) is 24.3 Å². The average molecular weight is 292 g/mol. The number of carbonyl (C=O) groups is 1. The molecule has 1 N–H and O–H groups in total. The topological polar surface area (TPSA) is 80.9 Å². The molecule has 0 bridgehead atoms. The first-order valence-electron chi connectivity index (χ1n) is 6.22. The summed E-state index contributed by atoms with van der Waals surface area (Å²) >= 11 is 1.67. The second-order valence-electron chi connectivity index (χ2n) is 4.62. The van der Waals surface area contributed by atoms with Crippen LogP contribution in [0.2, 0.25) is 0 Å². The van der Waals surface area contributed by atoms with Gasteiger partial charge in [0.15, 0.2) is 5.82 Å². The predicted octanol–water partition coefficient (Wildman–Crippen LogP) is 2.17. The largest absolute Gasteiger partial charge is 0.481 e. The van der Waals surface area contributed by atoms with E-state index in [1.54, 1.807) is 16.4 Å². The fraction of sp³-hybridized carbons (Fsp3) is 0.385. The number of benzene rings is 1. The maximum Gasteiger partial charge on any atom is 0.303 e.